The molecule has 0 aliphatic heterocycles. The molecule has 1 aromatic rings. The normalized spacial score (nSPS) is 20.8. The van der Waals surface area contributed by atoms with Crippen molar-refractivity contribution in [2.75, 3.05) is 0 Å². The van der Waals surface area contributed by atoms with E-state index in [9.17, 15) is 8.42 Å². The Kier molecular flexibility index (Phi) is 4.21. The van der Waals surface area contributed by atoms with Gasteiger partial charge in [0.2, 0.25) is 0 Å². The summed E-state index contributed by atoms with van der Waals surface area (Å²) in [5.74, 6) is 0. The largest absolute Gasteiger partial charge is 0.282 e. The van der Waals surface area contributed by atoms with E-state index in [-0.39, 0.29) is 10.3 Å². The monoisotopic (exact) mass is 355 g/mol. The van der Waals surface area contributed by atoms with Gasteiger partial charge >= 0.3 is 0 Å². The van der Waals surface area contributed by atoms with Gasteiger partial charge in [0.05, 0.1) is 10.6 Å². The van der Waals surface area contributed by atoms with Gasteiger partial charge in [-0.1, -0.05) is 37.6 Å². The van der Waals surface area contributed by atoms with Crippen LogP contribution in [0.15, 0.2) is 44.1 Å². The molecule has 0 radical (unpaired) electrons. The SMILES string of the molecule is Cc1ccc(S(=O)(=O)/N=C2\CCC(C)(C)C=C2Br)cc1. The van der Waals surface area contributed by atoms with Crippen molar-refractivity contribution in [2.45, 2.75) is 38.5 Å². The number of benzene rings is 1. The first-order valence-corrected chi connectivity index (χ1v) is 8.72. The number of hydrogen-bond acceptors (Lipinski definition) is 2. The molecule has 108 valence electrons. The Labute approximate surface area is 129 Å². The second-order valence-electron chi connectivity index (χ2n) is 5.81. The summed E-state index contributed by atoms with van der Waals surface area (Å²) in [6.45, 7) is 6.17. The van der Waals surface area contributed by atoms with Crippen LogP contribution in [0.3, 0.4) is 0 Å². The Bertz CT molecular complexity index is 670. The molecule has 1 aliphatic carbocycles. The van der Waals surface area contributed by atoms with Gasteiger partial charge < -0.3 is 0 Å². The van der Waals surface area contributed by atoms with Crippen molar-refractivity contribution in [3.05, 3.63) is 40.4 Å². The fourth-order valence-electron chi connectivity index (χ4n) is 2.06. The van der Waals surface area contributed by atoms with Crippen LogP contribution in [0.1, 0.15) is 32.3 Å². The van der Waals surface area contributed by atoms with Crippen LogP contribution in [0.25, 0.3) is 0 Å². The summed E-state index contributed by atoms with van der Waals surface area (Å²) in [6.07, 6.45) is 3.58. The van der Waals surface area contributed by atoms with Gasteiger partial charge in [-0.15, -0.1) is 0 Å². The number of allylic oxidation sites excluding steroid dienone is 2. The first-order chi connectivity index (χ1) is 9.20. The van der Waals surface area contributed by atoms with Crippen LogP contribution in [0.4, 0.5) is 0 Å². The van der Waals surface area contributed by atoms with E-state index in [0.29, 0.717) is 12.1 Å². The number of aryl methyl sites for hydroxylation is 1. The van der Waals surface area contributed by atoms with E-state index in [1.165, 1.54) is 0 Å². The second kappa shape index (κ2) is 5.45. The summed E-state index contributed by atoms with van der Waals surface area (Å²) >= 11 is 3.43. The molecule has 20 heavy (non-hydrogen) atoms. The zero-order valence-electron chi connectivity index (χ0n) is 11.9. The third-order valence-electron chi connectivity index (χ3n) is 3.35. The quantitative estimate of drug-likeness (QED) is 0.796. The molecule has 0 N–H and O–H groups in total. The molecule has 0 spiro atoms. The Balaban J connectivity index is 2.37. The number of nitrogens with zero attached hydrogens (tertiary/aromatic N) is 1. The molecular weight excluding hydrogens is 338 g/mol. The van der Waals surface area contributed by atoms with E-state index in [1.807, 2.05) is 13.0 Å². The molecule has 0 fully saturated rings. The average molecular weight is 356 g/mol. The molecule has 0 atom stereocenters. The van der Waals surface area contributed by atoms with Crippen molar-refractivity contribution in [1.29, 1.82) is 0 Å². The van der Waals surface area contributed by atoms with E-state index in [4.69, 9.17) is 0 Å². The Morgan fingerprint density at radius 2 is 1.80 bits per heavy atom. The predicted octanol–water partition coefficient (Wildman–Crippen LogP) is 4.22. The highest BCUT2D eigenvalue weighted by atomic mass is 79.9. The highest BCUT2D eigenvalue weighted by molar-refractivity contribution is 9.12. The van der Waals surface area contributed by atoms with Gasteiger partial charge in [0.1, 0.15) is 0 Å². The fraction of sp³-hybridized carbons (Fsp3) is 0.400. The molecule has 0 bridgehead atoms. The van der Waals surface area contributed by atoms with E-state index in [1.54, 1.807) is 24.3 Å². The molecule has 1 aromatic carbocycles. The average Bonchev–Trinajstić information content (AvgIpc) is 2.33. The van der Waals surface area contributed by atoms with Crippen LogP contribution in [-0.2, 0) is 10.0 Å². The number of hydrogen-bond donors (Lipinski definition) is 0. The highest BCUT2D eigenvalue weighted by Gasteiger charge is 2.25. The summed E-state index contributed by atoms with van der Waals surface area (Å²) in [7, 11) is -3.63. The first-order valence-electron chi connectivity index (χ1n) is 6.49. The van der Waals surface area contributed by atoms with Crippen molar-refractivity contribution >= 4 is 31.7 Å². The maximum atomic E-state index is 12.3. The molecular formula is C15H18BrNO2S. The molecule has 2 rings (SSSR count). The van der Waals surface area contributed by atoms with Gasteiger partial charge in [0, 0.05) is 4.48 Å². The van der Waals surface area contributed by atoms with Crippen LogP contribution in [0, 0.1) is 12.3 Å². The van der Waals surface area contributed by atoms with Gasteiger partial charge in [0.25, 0.3) is 10.0 Å². The highest BCUT2D eigenvalue weighted by Crippen LogP contribution is 2.34. The molecule has 3 nitrogen and oxygen atoms in total. The van der Waals surface area contributed by atoms with E-state index < -0.39 is 10.0 Å². The van der Waals surface area contributed by atoms with Crippen molar-refractivity contribution in [3.8, 4) is 0 Å². The van der Waals surface area contributed by atoms with Crippen LogP contribution >= 0.6 is 15.9 Å². The van der Waals surface area contributed by atoms with E-state index >= 15 is 0 Å². The van der Waals surface area contributed by atoms with Crippen molar-refractivity contribution in [2.24, 2.45) is 9.81 Å². The van der Waals surface area contributed by atoms with Gasteiger partial charge in [0.15, 0.2) is 0 Å². The number of rotatable bonds is 2. The minimum atomic E-state index is -3.63. The summed E-state index contributed by atoms with van der Waals surface area (Å²) in [5.41, 5.74) is 1.70. The topological polar surface area (TPSA) is 46.5 Å². The summed E-state index contributed by atoms with van der Waals surface area (Å²) in [6, 6.07) is 6.75. The molecule has 0 aromatic heterocycles. The fourth-order valence-corrected chi connectivity index (χ4v) is 4.14. The Morgan fingerprint density at radius 3 is 2.35 bits per heavy atom. The smallest absolute Gasteiger partial charge is 0.199 e. The molecule has 0 amide bonds. The van der Waals surface area contributed by atoms with Crippen LogP contribution in [-0.4, -0.2) is 14.1 Å². The molecule has 1 aliphatic rings. The van der Waals surface area contributed by atoms with Gasteiger partial charge in [-0.25, -0.2) is 0 Å². The third kappa shape index (κ3) is 3.58. The maximum absolute atomic E-state index is 12.3. The molecule has 0 saturated carbocycles. The Hall–Kier alpha value is -0.940. The zero-order valence-corrected chi connectivity index (χ0v) is 14.3. The maximum Gasteiger partial charge on any atom is 0.282 e. The lowest BCUT2D eigenvalue weighted by Crippen LogP contribution is -2.19. The van der Waals surface area contributed by atoms with E-state index in [2.05, 4.69) is 34.2 Å². The van der Waals surface area contributed by atoms with Crippen LogP contribution in [0.5, 0.6) is 0 Å². The lowest BCUT2D eigenvalue weighted by molar-refractivity contribution is 0.441. The summed E-state index contributed by atoms with van der Waals surface area (Å²) < 4.78 is 29.3. The van der Waals surface area contributed by atoms with Crippen LogP contribution < -0.4 is 0 Å². The number of sulfonamides is 1. The van der Waals surface area contributed by atoms with Crippen molar-refractivity contribution in [3.63, 3.8) is 0 Å². The number of halogens is 1. The van der Waals surface area contributed by atoms with Gasteiger partial charge in [-0.05, 0) is 53.2 Å². The zero-order chi connectivity index (χ0) is 15.0. The lowest BCUT2D eigenvalue weighted by atomic mass is 9.82. The second-order valence-corrected chi connectivity index (χ2v) is 8.27. The van der Waals surface area contributed by atoms with E-state index in [0.717, 1.165) is 16.5 Å². The lowest BCUT2D eigenvalue weighted by Gasteiger charge is -2.26. The molecule has 0 saturated heterocycles. The van der Waals surface area contributed by atoms with Gasteiger partial charge in [-0.2, -0.15) is 12.8 Å². The minimum absolute atomic E-state index is 0.0749. The molecule has 0 heterocycles. The van der Waals surface area contributed by atoms with Crippen molar-refractivity contribution in [1.82, 2.24) is 0 Å². The van der Waals surface area contributed by atoms with Gasteiger partial charge in [-0.3, -0.25) is 0 Å². The Morgan fingerprint density at radius 1 is 1.20 bits per heavy atom. The first kappa shape index (κ1) is 15.4. The molecule has 0 unspecified atom stereocenters. The summed E-state index contributed by atoms with van der Waals surface area (Å²) in [5, 5.41) is 0. The summed E-state index contributed by atoms with van der Waals surface area (Å²) in [4.78, 5) is 0.237. The van der Waals surface area contributed by atoms with Crippen molar-refractivity contribution < 1.29 is 8.42 Å². The standard InChI is InChI=1S/C15H18BrNO2S/c1-11-4-6-12(7-5-11)20(18,19)17-14-8-9-15(2,3)10-13(14)16/h4-7,10H,8-9H2,1-3H3/b17-14+. The van der Waals surface area contributed by atoms with Crippen LogP contribution in [0.2, 0.25) is 0 Å². The third-order valence-corrected chi connectivity index (χ3v) is 5.36. The molecule has 5 heteroatoms. The minimum Gasteiger partial charge on any atom is -0.199 e. The predicted molar refractivity (Wildman–Crippen MR) is 85.8 cm³/mol.